The third-order valence-corrected chi connectivity index (χ3v) is 19.9. The predicted octanol–water partition coefficient (Wildman–Crippen LogP) is 4.86. The molecule has 1 amide bonds. The summed E-state index contributed by atoms with van der Waals surface area (Å²) in [6.45, 7) is 9.83. The van der Waals surface area contributed by atoms with E-state index >= 15 is 9.59 Å². The summed E-state index contributed by atoms with van der Waals surface area (Å²) >= 11 is 0. The normalized spacial score (nSPS) is 28.3. The maximum atomic E-state index is 16.0. The summed E-state index contributed by atoms with van der Waals surface area (Å²) in [7, 11) is 0. The Hall–Kier alpha value is -8.84. The summed E-state index contributed by atoms with van der Waals surface area (Å²) in [5.41, 5.74) is -7.61. The van der Waals surface area contributed by atoms with Crippen molar-refractivity contribution in [2.45, 2.75) is 199 Å². The fourth-order valence-corrected chi connectivity index (χ4v) is 14.7. The molecule has 16 atom stereocenters. The first-order chi connectivity index (χ1) is 48.5. The molecular weight excluding hydrogens is 1330 g/mol. The number of nitrogens with zero attached hydrogens (tertiary/aromatic N) is 3. The molecule has 29 heteroatoms. The second-order valence-electron chi connectivity index (χ2n) is 27.1. The lowest BCUT2D eigenvalue weighted by atomic mass is 9.44. The first-order valence-electron chi connectivity index (χ1n) is 34.1. The van der Waals surface area contributed by atoms with Crippen molar-refractivity contribution in [1.82, 2.24) is 20.3 Å². The number of ketones is 1. The van der Waals surface area contributed by atoms with E-state index in [0.29, 0.717) is 19.4 Å². The standard InChI is InChI=1S/C73H90N4O25/c1-41-51(35-73(90)65(101-67(88)49-28-19-14-20-29-49)63-71(9,53(83)34-54-72(63,40-94-54)102-46(6)82)64(86)61(97-45(5)81)57(41)70(73,7)8)98-68(89)62(58(47-24-15-12-16-25-47)74-66(87)48-26-17-13-18-27-48)100-56(85)39-91-38-55(84)93-37-52-60(96-44(4)80)59(95-43(3)79)42(2)69(99-52)92-33-23-30-50-36-77(76-75-50)31-21-10-11-22-32-78/h12-20,24-29,36,42,51-54,58-63,65,69,78,83,90H,10-11,21-23,30-35,37-40H2,1-9H3,(H,74,87)/t42?,51-,52?,53-,54+,58?,59+,60+,61+,62+,63-,65-,69+,71+,72-,73+/m0/s1. The first kappa shape index (κ1) is 77.3. The number of ether oxygens (including phenoxy) is 12. The van der Waals surface area contributed by atoms with Crippen molar-refractivity contribution in [3.8, 4) is 0 Å². The van der Waals surface area contributed by atoms with Gasteiger partial charge in [0.25, 0.3) is 5.91 Å². The maximum Gasteiger partial charge on any atom is 0.350 e. The third kappa shape index (κ3) is 17.1. The Kier molecular flexibility index (Phi) is 25.4. The number of aliphatic hydroxyl groups is 3. The molecule has 2 saturated carbocycles. The molecule has 3 unspecified atom stereocenters. The molecule has 552 valence electrons. The van der Waals surface area contributed by atoms with Crippen LogP contribution in [-0.4, -0.2) is 202 Å². The summed E-state index contributed by atoms with van der Waals surface area (Å²) in [5.74, 6) is -12.3. The van der Waals surface area contributed by atoms with Crippen LogP contribution in [0.4, 0.5) is 0 Å². The van der Waals surface area contributed by atoms with E-state index < -0.39 is 193 Å². The van der Waals surface area contributed by atoms with Crippen LogP contribution in [0.5, 0.6) is 0 Å². The molecular formula is C73H90N4O25. The average Bonchev–Trinajstić information content (AvgIpc) is 0.701. The van der Waals surface area contributed by atoms with Crippen LogP contribution in [0.2, 0.25) is 0 Å². The second-order valence-corrected chi connectivity index (χ2v) is 27.1. The maximum absolute atomic E-state index is 16.0. The number of benzene rings is 3. The molecule has 1 aromatic heterocycles. The van der Waals surface area contributed by atoms with Crippen LogP contribution in [-0.2, 0) is 108 Å². The molecule has 3 aliphatic carbocycles. The minimum Gasteiger partial charge on any atom is -0.461 e. The van der Waals surface area contributed by atoms with Crippen LogP contribution in [0.3, 0.4) is 0 Å². The van der Waals surface area contributed by atoms with Gasteiger partial charge in [0.1, 0.15) is 62.0 Å². The molecule has 5 aliphatic rings. The minimum atomic E-state index is -2.59. The van der Waals surface area contributed by atoms with Gasteiger partial charge >= 0.3 is 47.8 Å². The number of aryl methyl sites for hydroxylation is 2. The average molecular weight is 1420 g/mol. The smallest absolute Gasteiger partial charge is 0.350 e. The van der Waals surface area contributed by atoms with Gasteiger partial charge in [0.2, 0.25) is 6.10 Å². The lowest BCUT2D eigenvalue weighted by Crippen LogP contribution is -2.82. The number of hydrogen-bond acceptors (Lipinski definition) is 27. The van der Waals surface area contributed by atoms with Crippen LogP contribution in [0, 0.1) is 22.7 Å². The summed E-state index contributed by atoms with van der Waals surface area (Å²) in [5, 5.41) is 46.8. The van der Waals surface area contributed by atoms with Gasteiger partial charge in [-0.05, 0) is 80.5 Å². The van der Waals surface area contributed by atoms with Crippen molar-refractivity contribution in [2.24, 2.45) is 22.7 Å². The van der Waals surface area contributed by atoms with Crippen LogP contribution < -0.4 is 5.32 Å². The van der Waals surface area contributed by atoms with Gasteiger partial charge in [0, 0.05) is 76.8 Å². The quantitative estimate of drug-likeness (QED) is 0.0234. The Morgan fingerprint density at radius 2 is 1.38 bits per heavy atom. The molecule has 102 heavy (non-hydrogen) atoms. The summed E-state index contributed by atoms with van der Waals surface area (Å²) < 4.78 is 73.5. The Morgan fingerprint density at radius 3 is 2.01 bits per heavy atom. The zero-order valence-corrected chi connectivity index (χ0v) is 58.5. The lowest BCUT2D eigenvalue weighted by Gasteiger charge is -2.67. The van der Waals surface area contributed by atoms with Crippen molar-refractivity contribution in [2.75, 3.05) is 39.6 Å². The number of carbonyl (C=O) groups excluding carboxylic acids is 10. The number of hydrogen-bond donors (Lipinski definition) is 4. The number of esters is 8. The Balaban J connectivity index is 0.984. The van der Waals surface area contributed by atoms with Crippen LogP contribution >= 0.6 is 0 Å². The first-order valence-corrected chi connectivity index (χ1v) is 34.1. The zero-order valence-electron chi connectivity index (χ0n) is 58.5. The number of rotatable bonds is 30. The number of Topliss-reactive ketones (excluding diaryl/α,β-unsaturated/α-hetero) is 1. The largest absolute Gasteiger partial charge is 0.461 e. The Morgan fingerprint density at radius 1 is 0.755 bits per heavy atom. The number of unbranched alkanes of at least 4 members (excludes halogenated alkanes) is 3. The molecule has 29 nitrogen and oxygen atoms in total. The van der Waals surface area contributed by atoms with Crippen molar-refractivity contribution >= 4 is 59.4 Å². The number of nitrogens with one attached hydrogen (secondary N) is 1. The van der Waals surface area contributed by atoms with E-state index in [0.717, 1.165) is 52.1 Å². The number of aromatic nitrogens is 3. The molecule has 2 aliphatic heterocycles. The molecule has 3 heterocycles. The highest BCUT2D eigenvalue weighted by Crippen LogP contribution is 2.64. The van der Waals surface area contributed by atoms with E-state index in [9.17, 15) is 48.6 Å². The number of aliphatic hydroxyl groups excluding tert-OH is 2. The molecule has 4 aromatic rings. The highest BCUT2D eigenvalue weighted by atomic mass is 16.7. The van der Waals surface area contributed by atoms with Gasteiger partial charge in [-0.1, -0.05) is 106 Å². The fourth-order valence-electron chi connectivity index (χ4n) is 14.7. The number of carbonyl (C=O) groups is 10. The molecule has 2 saturated heterocycles. The number of amides is 1. The fraction of sp³-hybridized carbons (Fsp3) is 0.562. The van der Waals surface area contributed by atoms with Crippen molar-refractivity contribution in [3.05, 3.63) is 131 Å². The van der Waals surface area contributed by atoms with E-state index in [2.05, 4.69) is 15.6 Å². The van der Waals surface area contributed by atoms with Crippen molar-refractivity contribution in [3.63, 3.8) is 0 Å². The highest BCUT2D eigenvalue weighted by molar-refractivity contribution is 5.96. The predicted molar refractivity (Wildman–Crippen MR) is 352 cm³/mol. The lowest BCUT2D eigenvalue weighted by molar-refractivity contribution is -0.346. The minimum absolute atomic E-state index is 0.0135. The van der Waals surface area contributed by atoms with E-state index in [1.54, 1.807) is 66.2 Å². The molecule has 2 bridgehead atoms. The molecule has 3 aromatic carbocycles. The van der Waals surface area contributed by atoms with Crippen LogP contribution in [0.15, 0.2) is 108 Å². The second kappa shape index (κ2) is 33.5. The number of fused-ring (bicyclic) bond motifs is 5. The van der Waals surface area contributed by atoms with Gasteiger partial charge in [-0.3, -0.25) is 33.4 Å². The molecule has 4 N–H and O–H groups in total. The Labute approximate surface area is 589 Å². The van der Waals surface area contributed by atoms with Gasteiger partial charge in [0.15, 0.2) is 29.9 Å². The van der Waals surface area contributed by atoms with E-state index in [1.165, 1.54) is 71.0 Å². The third-order valence-electron chi connectivity index (χ3n) is 19.9. The molecule has 0 radical (unpaired) electrons. The van der Waals surface area contributed by atoms with E-state index in [1.807, 2.05) is 6.20 Å². The highest BCUT2D eigenvalue weighted by Gasteiger charge is 2.78. The zero-order chi connectivity index (χ0) is 73.8. The van der Waals surface area contributed by atoms with Gasteiger partial charge in [-0.25, -0.2) is 19.2 Å². The SMILES string of the molecule is CC(=O)O[C@H]1C(=O)[C@@]2(C)[C@H]([C@H](OC(=O)c3ccccc3)[C@]3(O)C[C@H](OC(=O)[C@H](OC(=O)COCC(=O)OCC4O[C@@H](OCCCc5cn(CCCCCCO)nn5)C(C)[C@@H](OC(C)=O)[C@@H]4OC(C)=O)C(NC(=O)c4ccccc4)c4ccccc4)C(C)=C1C3(C)C)[C@]1(OC(C)=O)CO[C@@H]1C[C@@H]2O. The summed E-state index contributed by atoms with van der Waals surface area (Å²) in [4.78, 5) is 140. The van der Waals surface area contributed by atoms with Crippen molar-refractivity contribution in [1.29, 1.82) is 0 Å². The van der Waals surface area contributed by atoms with Crippen molar-refractivity contribution < 1.29 is 120 Å². The summed E-state index contributed by atoms with van der Waals surface area (Å²) in [6, 6.07) is 21.7. The van der Waals surface area contributed by atoms with Gasteiger partial charge in [-0.15, -0.1) is 5.10 Å². The van der Waals surface area contributed by atoms with E-state index in [4.69, 9.17) is 61.9 Å². The summed E-state index contributed by atoms with van der Waals surface area (Å²) in [6.07, 6.45) is -10.3. The topological polar surface area (TPSA) is 385 Å². The van der Waals surface area contributed by atoms with Gasteiger partial charge in [-0.2, -0.15) is 0 Å². The molecule has 9 rings (SSSR count). The van der Waals surface area contributed by atoms with Gasteiger partial charge in [0.05, 0.1) is 41.9 Å². The monoisotopic (exact) mass is 1420 g/mol. The van der Waals surface area contributed by atoms with Gasteiger partial charge < -0.3 is 77.5 Å². The van der Waals surface area contributed by atoms with Crippen LogP contribution in [0.25, 0.3) is 0 Å². The Bertz CT molecular complexity index is 3700. The molecule has 0 spiro atoms. The van der Waals surface area contributed by atoms with E-state index in [-0.39, 0.29) is 47.5 Å². The molecule has 4 fully saturated rings. The van der Waals surface area contributed by atoms with Crippen LogP contribution in [0.1, 0.15) is 145 Å².